The van der Waals surface area contributed by atoms with E-state index in [0.29, 0.717) is 5.41 Å². The van der Waals surface area contributed by atoms with Gasteiger partial charge in [-0.25, -0.2) is 0 Å². The summed E-state index contributed by atoms with van der Waals surface area (Å²) in [6, 6.07) is 0. The second kappa shape index (κ2) is 7.29. The highest BCUT2D eigenvalue weighted by Gasteiger charge is 2.33. The van der Waals surface area contributed by atoms with Gasteiger partial charge in [-0.1, -0.05) is 26.2 Å². The fraction of sp³-hybridized carbons (Fsp3) is 1.00. The van der Waals surface area contributed by atoms with Gasteiger partial charge in [-0.05, 0) is 50.5 Å². The lowest BCUT2D eigenvalue weighted by atomic mass is 9.67. The average molecular weight is 227 g/mol. The third-order valence-electron chi connectivity index (χ3n) is 4.25. The number of nitrogens with two attached hydrogens (primary N) is 1. The van der Waals surface area contributed by atoms with Crippen LogP contribution in [0.4, 0.5) is 0 Å². The van der Waals surface area contributed by atoms with Crippen LogP contribution >= 0.6 is 0 Å². The first kappa shape index (κ1) is 14.0. The molecule has 1 fully saturated rings. The summed E-state index contributed by atoms with van der Waals surface area (Å²) in [5.74, 6) is 0.921. The summed E-state index contributed by atoms with van der Waals surface area (Å²) < 4.78 is 5.43. The Bertz CT molecular complexity index is 184. The minimum atomic E-state index is 0.441. The molecule has 2 nitrogen and oxygen atoms in total. The van der Waals surface area contributed by atoms with Gasteiger partial charge in [-0.3, -0.25) is 0 Å². The van der Waals surface area contributed by atoms with Crippen molar-refractivity contribution in [2.24, 2.45) is 17.1 Å². The third kappa shape index (κ3) is 4.06. The van der Waals surface area contributed by atoms with Crippen LogP contribution in [0.25, 0.3) is 0 Å². The predicted molar refractivity (Wildman–Crippen MR) is 69.5 cm³/mol. The Morgan fingerprint density at radius 3 is 2.81 bits per heavy atom. The van der Waals surface area contributed by atoms with Crippen LogP contribution in [-0.2, 0) is 4.74 Å². The molecule has 1 aliphatic carbocycles. The van der Waals surface area contributed by atoms with Crippen molar-refractivity contribution in [2.75, 3.05) is 19.8 Å². The van der Waals surface area contributed by atoms with E-state index in [9.17, 15) is 0 Å². The molecule has 1 aliphatic rings. The smallest absolute Gasteiger partial charge is 0.0466 e. The fourth-order valence-corrected chi connectivity index (χ4v) is 3.14. The van der Waals surface area contributed by atoms with E-state index in [2.05, 4.69) is 13.8 Å². The van der Waals surface area contributed by atoms with E-state index >= 15 is 0 Å². The Kier molecular flexibility index (Phi) is 6.37. The summed E-state index contributed by atoms with van der Waals surface area (Å²) in [5.41, 5.74) is 6.47. The molecule has 2 heteroatoms. The van der Waals surface area contributed by atoms with E-state index in [0.717, 1.165) is 25.7 Å². The van der Waals surface area contributed by atoms with Gasteiger partial charge in [-0.2, -0.15) is 0 Å². The van der Waals surface area contributed by atoms with Gasteiger partial charge in [0, 0.05) is 13.2 Å². The van der Waals surface area contributed by atoms with E-state index < -0.39 is 0 Å². The normalized spacial score (nSPS) is 30.6. The van der Waals surface area contributed by atoms with Gasteiger partial charge in [0.2, 0.25) is 0 Å². The molecule has 1 rings (SSSR count). The Balaban J connectivity index is 2.36. The molecule has 0 saturated heterocycles. The van der Waals surface area contributed by atoms with E-state index in [1.807, 2.05) is 0 Å². The van der Waals surface area contributed by atoms with Gasteiger partial charge in [0.25, 0.3) is 0 Å². The zero-order chi connectivity index (χ0) is 11.9. The van der Waals surface area contributed by atoms with Crippen LogP contribution in [0.2, 0.25) is 0 Å². The summed E-state index contributed by atoms with van der Waals surface area (Å²) in [7, 11) is 0. The molecule has 0 bridgehead atoms. The predicted octanol–water partition coefficient (Wildman–Crippen LogP) is 3.35. The van der Waals surface area contributed by atoms with Crippen molar-refractivity contribution in [3.8, 4) is 0 Å². The second-order valence-corrected chi connectivity index (χ2v) is 5.38. The fourth-order valence-electron chi connectivity index (χ4n) is 3.14. The Morgan fingerprint density at radius 2 is 2.19 bits per heavy atom. The average Bonchev–Trinajstić information content (AvgIpc) is 2.35. The van der Waals surface area contributed by atoms with Gasteiger partial charge in [-0.15, -0.1) is 0 Å². The molecule has 0 radical (unpaired) electrons. The van der Waals surface area contributed by atoms with Crippen LogP contribution < -0.4 is 5.73 Å². The monoisotopic (exact) mass is 227 g/mol. The van der Waals surface area contributed by atoms with Gasteiger partial charge in [0.15, 0.2) is 0 Å². The molecule has 16 heavy (non-hydrogen) atoms. The summed E-state index contributed by atoms with van der Waals surface area (Å²) >= 11 is 0. The Morgan fingerprint density at radius 1 is 1.38 bits per heavy atom. The van der Waals surface area contributed by atoms with Crippen molar-refractivity contribution in [1.29, 1.82) is 0 Å². The first-order chi connectivity index (χ1) is 7.76. The van der Waals surface area contributed by atoms with E-state index in [4.69, 9.17) is 10.5 Å². The van der Waals surface area contributed by atoms with Gasteiger partial charge >= 0.3 is 0 Å². The van der Waals surface area contributed by atoms with Crippen LogP contribution in [0.1, 0.15) is 58.8 Å². The van der Waals surface area contributed by atoms with Crippen molar-refractivity contribution in [1.82, 2.24) is 0 Å². The van der Waals surface area contributed by atoms with Crippen molar-refractivity contribution in [2.45, 2.75) is 58.8 Å². The zero-order valence-corrected chi connectivity index (χ0v) is 11.1. The largest absolute Gasteiger partial charge is 0.382 e. The molecule has 0 amide bonds. The van der Waals surface area contributed by atoms with E-state index in [-0.39, 0.29) is 0 Å². The lowest BCUT2D eigenvalue weighted by Crippen LogP contribution is -2.36. The summed E-state index contributed by atoms with van der Waals surface area (Å²) in [6.45, 7) is 7.00. The summed E-state index contributed by atoms with van der Waals surface area (Å²) in [6.07, 6.45) is 9.26. The van der Waals surface area contributed by atoms with Gasteiger partial charge in [0.1, 0.15) is 0 Å². The second-order valence-electron chi connectivity index (χ2n) is 5.38. The van der Waals surface area contributed by atoms with Crippen LogP contribution in [0, 0.1) is 11.3 Å². The van der Waals surface area contributed by atoms with Crippen LogP contribution in [-0.4, -0.2) is 19.8 Å². The zero-order valence-electron chi connectivity index (χ0n) is 11.1. The Hall–Kier alpha value is -0.0800. The van der Waals surface area contributed by atoms with Crippen molar-refractivity contribution >= 4 is 0 Å². The molecule has 2 N–H and O–H groups in total. The van der Waals surface area contributed by atoms with Gasteiger partial charge in [0.05, 0.1) is 0 Å². The molecule has 0 aliphatic heterocycles. The molecule has 2 unspecified atom stereocenters. The lowest BCUT2D eigenvalue weighted by molar-refractivity contribution is 0.0956. The first-order valence-corrected chi connectivity index (χ1v) is 7.04. The molecule has 96 valence electrons. The summed E-state index contributed by atoms with van der Waals surface area (Å²) in [4.78, 5) is 0. The molecule has 0 aromatic rings. The van der Waals surface area contributed by atoms with Crippen LogP contribution in [0.15, 0.2) is 0 Å². The van der Waals surface area contributed by atoms with Gasteiger partial charge < -0.3 is 10.5 Å². The van der Waals surface area contributed by atoms with Crippen molar-refractivity contribution < 1.29 is 4.74 Å². The van der Waals surface area contributed by atoms with E-state index in [1.54, 1.807) is 0 Å². The topological polar surface area (TPSA) is 35.2 Å². The summed E-state index contributed by atoms with van der Waals surface area (Å²) in [5, 5.41) is 0. The highest BCUT2D eigenvalue weighted by Crippen LogP contribution is 2.43. The quantitative estimate of drug-likeness (QED) is 0.677. The lowest BCUT2D eigenvalue weighted by Gasteiger charge is -2.40. The number of hydrogen-bond donors (Lipinski definition) is 1. The standard InChI is InChI=1S/C14H29NO/c1-3-13-7-5-8-14(11-13,12-15)9-6-10-16-4-2/h13H,3-12,15H2,1-2H3. The molecular weight excluding hydrogens is 198 g/mol. The van der Waals surface area contributed by atoms with Crippen LogP contribution in [0.3, 0.4) is 0 Å². The molecular formula is C14H29NO. The maximum Gasteiger partial charge on any atom is 0.0466 e. The van der Waals surface area contributed by atoms with Crippen molar-refractivity contribution in [3.63, 3.8) is 0 Å². The molecule has 0 heterocycles. The molecule has 1 saturated carbocycles. The minimum absolute atomic E-state index is 0.441. The molecule has 0 spiro atoms. The first-order valence-electron chi connectivity index (χ1n) is 7.04. The molecule has 0 aromatic carbocycles. The highest BCUT2D eigenvalue weighted by molar-refractivity contribution is 4.86. The van der Waals surface area contributed by atoms with Crippen molar-refractivity contribution in [3.05, 3.63) is 0 Å². The Labute approximate surface area is 101 Å². The van der Waals surface area contributed by atoms with E-state index in [1.165, 1.54) is 44.9 Å². The molecule has 0 aromatic heterocycles. The maximum atomic E-state index is 6.03. The maximum absolute atomic E-state index is 6.03. The SMILES string of the molecule is CCOCCCC1(CN)CCCC(CC)C1. The molecule has 2 atom stereocenters. The van der Waals surface area contributed by atoms with Crippen LogP contribution in [0.5, 0.6) is 0 Å². The number of hydrogen-bond acceptors (Lipinski definition) is 2. The third-order valence-corrected chi connectivity index (χ3v) is 4.25. The highest BCUT2D eigenvalue weighted by atomic mass is 16.5. The number of ether oxygens (including phenoxy) is 1. The number of rotatable bonds is 7. The minimum Gasteiger partial charge on any atom is -0.382 e.